The number of rotatable bonds is 4. The number of carbonyl (C=O) groups excluding carboxylic acids is 2. The topological polar surface area (TPSA) is 62.3 Å². The van der Waals surface area contributed by atoms with Gasteiger partial charge in [0.2, 0.25) is 5.91 Å². The number of nitrogens with zero attached hydrogens (tertiary/aromatic N) is 2. The number of nitrogens with one attached hydrogen (secondary N) is 1. The van der Waals surface area contributed by atoms with E-state index in [0.717, 1.165) is 36.6 Å². The van der Waals surface area contributed by atoms with E-state index in [4.69, 9.17) is 0 Å². The van der Waals surface area contributed by atoms with Crippen molar-refractivity contribution in [2.75, 3.05) is 19.6 Å². The van der Waals surface area contributed by atoms with Crippen LogP contribution in [0.1, 0.15) is 73.2 Å². The maximum atomic E-state index is 12.4. The highest BCUT2D eigenvalue weighted by molar-refractivity contribution is 7.14. The molecule has 1 saturated heterocycles. The van der Waals surface area contributed by atoms with Crippen molar-refractivity contribution in [3.05, 3.63) is 15.6 Å². The minimum absolute atomic E-state index is 0.0588. The molecule has 1 aliphatic rings. The minimum atomic E-state index is -0.121. The fourth-order valence-corrected chi connectivity index (χ4v) is 3.81. The number of aromatic nitrogens is 1. The fraction of sp³-hybridized carbons (Fsp3) is 0.722. The van der Waals surface area contributed by atoms with E-state index in [9.17, 15) is 9.59 Å². The van der Waals surface area contributed by atoms with Crippen molar-refractivity contribution in [1.29, 1.82) is 0 Å². The van der Waals surface area contributed by atoms with Gasteiger partial charge in [0, 0.05) is 31.5 Å². The highest BCUT2D eigenvalue weighted by Crippen LogP contribution is 2.29. The summed E-state index contributed by atoms with van der Waals surface area (Å²) in [4.78, 5) is 31.7. The van der Waals surface area contributed by atoms with Crippen LogP contribution in [-0.4, -0.2) is 41.3 Å². The van der Waals surface area contributed by atoms with Crippen LogP contribution in [-0.2, 0) is 10.2 Å². The van der Waals surface area contributed by atoms with Gasteiger partial charge in [0.15, 0.2) is 0 Å². The Kier molecular flexibility index (Phi) is 6.38. The molecule has 1 aromatic heterocycles. The fourth-order valence-electron chi connectivity index (χ4n) is 2.77. The number of hydrogen-bond donors (Lipinski definition) is 1. The van der Waals surface area contributed by atoms with Crippen LogP contribution in [0.4, 0.5) is 0 Å². The molecule has 0 atom stereocenters. The second-order valence-electron chi connectivity index (χ2n) is 7.48. The third kappa shape index (κ3) is 5.03. The van der Waals surface area contributed by atoms with Crippen molar-refractivity contribution in [2.24, 2.45) is 0 Å². The van der Waals surface area contributed by atoms with Crippen LogP contribution in [0.25, 0.3) is 0 Å². The van der Waals surface area contributed by atoms with Gasteiger partial charge in [-0.3, -0.25) is 9.59 Å². The molecule has 1 N–H and O–H groups in total. The van der Waals surface area contributed by atoms with Crippen molar-refractivity contribution in [3.63, 3.8) is 0 Å². The summed E-state index contributed by atoms with van der Waals surface area (Å²) in [6.07, 6.45) is 4.97. The molecule has 6 heteroatoms. The molecular formula is C18H29N3O2S. The predicted molar refractivity (Wildman–Crippen MR) is 97.5 cm³/mol. The zero-order chi connectivity index (χ0) is 17.7. The number of hydrogen-bond acceptors (Lipinski definition) is 4. The highest BCUT2D eigenvalue weighted by atomic mass is 32.1. The summed E-state index contributed by atoms with van der Waals surface area (Å²) in [5, 5.41) is 3.84. The Morgan fingerprint density at radius 1 is 1.17 bits per heavy atom. The quantitative estimate of drug-likeness (QED) is 0.905. The molecule has 134 valence electrons. The van der Waals surface area contributed by atoms with Gasteiger partial charge in [0.25, 0.3) is 5.91 Å². The lowest BCUT2D eigenvalue weighted by molar-refractivity contribution is -0.131. The summed E-state index contributed by atoms with van der Waals surface area (Å²) in [6.45, 7) is 10.2. The van der Waals surface area contributed by atoms with Crippen molar-refractivity contribution >= 4 is 23.2 Å². The molecular weight excluding hydrogens is 322 g/mol. The van der Waals surface area contributed by atoms with E-state index in [1.165, 1.54) is 24.2 Å². The minimum Gasteiger partial charge on any atom is -0.351 e. The molecule has 0 saturated carbocycles. The van der Waals surface area contributed by atoms with Crippen molar-refractivity contribution < 1.29 is 9.59 Å². The Morgan fingerprint density at radius 2 is 1.79 bits per heavy atom. The molecule has 2 heterocycles. The lowest BCUT2D eigenvalue weighted by Gasteiger charge is -2.20. The number of amides is 2. The van der Waals surface area contributed by atoms with E-state index in [0.29, 0.717) is 17.8 Å². The average Bonchev–Trinajstić information content (AvgIpc) is 2.73. The summed E-state index contributed by atoms with van der Waals surface area (Å²) in [5.74, 6) is 0.0257. The predicted octanol–water partition coefficient (Wildman–Crippen LogP) is 3.27. The monoisotopic (exact) mass is 351 g/mol. The summed E-state index contributed by atoms with van der Waals surface area (Å²) in [5.41, 5.74) is 0.706. The zero-order valence-corrected chi connectivity index (χ0v) is 16.1. The maximum Gasteiger partial charge on any atom is 0.263 e. The van der Waals surface area contributed by atoms with Crippen LogP contribution < -0.4 is 5.32 Å². The second-order valence-corrected chi connectivity index (χ2v) is 8.48. The number of aryl methyl sites for hydroxylation is 1. The van der Waals surface area contributed by atoms with Gasteiger partial charge in [-0.2, -0.15) is 0 Å². The molecule has 1 aromatic rings. The van der Waals surface area contributed by atoms with Crippen LogP contribution in [0.2, 0.25) is 0 Å². The van der Waals surface area contributed by atoms with E-state index in [1.807, 2.05) is 11.8 Å². The summed E-state index contributed by atoms with van der Waals surface area (Å²) < 4.78 is 0. The molecule has 0 radical (unpaired) electrons. The smallest absolute Gasteiger partial charge is 0.263 e. The van der Waals surface area contributed by atoms with Gasteiger partial charge in [-0.15, -0.1) is 11.3 Å². The standard InChI is InChI=1S/C18H29N3O2S/c1-13-15(24-17(20-13)18(2,3)4)16(23)19-10-9-14(22)21-11-7-5-6-8-12-21/h5-12H2,1-4H3,(H,19,23). The SMILES string of the molecule is Cc1nc(C(C)(C)C)sc1C(=O)NCCC(=O)N1CCCCCC1. The lowest BCUT2D eigenvalue weighted by Crippen LogP contribution is -2.35. The largest absolute Gasteiger partial charge is 0.351 e. The summed E-state index contributed by atoms with van der Waals surface area (Å²) >= 11 is 1.45. The van der Waals surface area contributed by atoms with E-state index in [-0.39, 0.29) is 17.2 Å². The van der Waals surface area contributed by atoms with Crippen molar-refractivity contribution in [2.45, 2.75) is 65.2 Å². The molecule has 0 aromatic carbocycles. The van der Waals surface area contributed by atoms with Gasteiger partial charge >= 0.3 is 0 Å². The van der Waals surface area contributed by atoms with Crippen molar-refractivity contribution in [3.8, 4) is 0 Å². The van der Waals surface area contributed by atoms with Crippen LogP contribution >= 0.6 is 11.3 Å². The van der Waals surface area contributed by atoms with Crippen LogP contribution in [0.15, 0.2) is 0 Å². The molecule has 0 aliphatic carbocycles. The van der Waals surface area contributed by atoms with E-state index in [2.05, 4.69) is 31.1 Å². The summed E-state index contributed by atoms with van der Waals surface area (Å²) in [7, 11) is 0. The first-order chi connectivity index (χ1) is 11.3. The molecule has 0 spiro atoms. The first-order valence-corrected chi connectivity index (χ1v) is 9.64. The average molecular weight is 352 g/mol. The normalized spacial score (nSPS) is 15.9. The van der Waals surface area contributed by atoms with Gasteiger partial charge in [0.1, 0.15) is 4.88 Å². The second kappa shape index (κ2) is 8.10. The van der Waals surface area contributed by atoms with Crippen LogP contribution in [0.5, 0.6) is 0 Å². The first-order valence-electron chi connectivity index (χ1n) is 8.83. The van der Waals surface area contributed by atoms with E-state index in [1.54, 1.807) is 0 Å². The number of carbonyl (C=O) groups is 2. The van der Waals surface area contributed by atoms with Gasteiger partial charge < -0.3 is 10.2 Å². The molecule has 24 heavy (non-hydrogen) atoms. The van der Waals surface area contributed by atoms with Gasteiger partial charge in [-0.1, -0.05) is 33.6 Å². The lowest BCUT2D eigenvalue weighted by atomic mass is 9.98. The Labute approximate surface area is 148 Å². The van der Waals surface area contributed by atoms with Gasteiger partial charge in [-0.05, 0) is 19.8 Å². The van der Waals surface area contributed by atoms with Crippen molar-refractivity contribution in [1.82, 2.24) is 15.2 Å². The first kappa shape index (κ1) is 18.9. The molecule has 1 aliphatic heterocycles. The Morgan fingerprint density at radius 3 is 2.33 bits per heavy atom. The Balaban J connectivity index is 1.85. The third-order valence-electron chi connectivity index (χ3n) is 4.23. The molecule has 0 bridgehead atoms. The molecule has 1 fully saturated rings. The van der Waals surface area contributed by atoms with Crippen LogP contribution in [0, 0.1) is 6.92 Å². The molecule has 5 nitrogen and oxygen atoms in total. The Bertz CT molecular complexity index is 582. The summed E-state index contributed by atoms with van der Waals surface area (Å²) in [6, 6.07) is 0. The highest BCUT2D eigenvalue weighted by Gasteiger charge is 2.23. The molecule has 2 rings (SSSR count). The third-order valence-corrected chi connectivity index (χ3v) is 5.81. The van der Waals surface area contributed by atoms with Gasteiger partial charge in [-0.25, -0.2) is 4.98 Å². The number of thiazole rings is 1. The Hall–Kier alpha value is -1.43. The number of likely N-dealkylation sites (tertiary alicyclic amines) is 1. The molecule has 0 unspecified atom stereocenters. The van der Waals surface area contributed by atoms with E-state index < -0.39 is 0 Å². The van der Waals surface area contributed by atoms with E-state index >= 15 is 0 Å². The zero-order valence-electron chi connectivity index (χ0n) is 15.3. The maximum absolute atomic E-state index is 12.4. The van der Waals surface area contributed by atoms with Gasteiger partial charge in [0.05, 0.1) is 10.7 Å². The van der Waals surface area contributed by atoms with Crippen LogP contribution in [0.3, 0.4) is 0 Å². The molecule has 2 amide bonds.